The van der Waals surface area contributed by atoms with Crippen molar-refractivity contribution in [2.75, 3.05) is 11.9 Å². The van der Waals surface area contributed by atoms with Crippen LogP contribution >= 0.6 is 11.6 Å². The van der Waals surface area contributed by atoms with Crippen LogP contribution in [0.5, 0.6) is 0 Å². The molecule has 2 bridgehead atoms. The highest BCUT2D eigenvalue weighted by atomic mass is 35.5. The number of hydrogen-bond acceptors (Lipinski definition) is 5. The van der Waals surface area contributed by atoms with Gasteiger partial charge in [0, 0.05) is 41.9 Å². The lowest BCUT2D eigenvalue weighted by atomic mass is 9.85. The third-order valence-electron chi connectivity index (χ3n) is 6.09. The second kappa shape index (κ2) is 6.42. The highest BCUT2D eigenvalue weighted by Gasteiger charge is 2.47. The average molecular weight is 388 g/mol. The third-order valence-corrected chi connectivity index (χ3v) is 6.29. The van der Waals surface area contributed by atoms with Gasteiger partial charge >= 0.3 is 0 Å². The molecule has 0 aromatic carbocycles. The van der Waals surface area contributed by atoms with Gasteiger partial charge in [-0.2, -0.15) is 0 Å². The van der Waals surface area contributed by atoms with Crippen molar-refractivity contribution in [3.05, 3.63) is 35.5 Å². The van der Waals surface area contributed by atoms with Crippen LogP contribution in [0, 0.1) is 23.6 Å². The maximum absolute atomic E-state index is 14.4. The van der Waals surface area contributed by atoms with Gasteiger partial charge in [-0.05, 0) is 37.2 Å². The van der Waals surface area contributed by atoms with Crippen molar-refractivity contribution in [2.45, 2.75) is 25.3 Å². The van der Waals surface area contributed by atoms with E-state index in [0.717, 1.165) is 30.2 Å². The van der Waals surface area contributed by atoms with Crippen LogP contribution in [-0.2, 0) is 0 Å². The minimum atomic E-state index is -0.491. The van der Waals surface area contributed by atoms with E-state index in [-0.39, 0.29) is 24.4 Å². The Bertz CT molecular complexity index is 1010. The van der Waals surface area contributed by atoms with Crippen LogP contribution in [0.4, 0.5) is 10.2 Å². The second-order valence-electron chi connectivity index (χ2n) is 7.49. The number of halogens is 2. The van der Waals surface area contributed by atoms with Gasteiger partial charge in [0.05, 0.1) is 11.2 Å². The average Bonchev–Trinajstić information content (AvgIpc) is 3.37. The molecule has 3 aromatic heterocycles. The van der Waals surface area contributed by atoms with E-state index in [0.29, 0.717) is 28.3 Å². The predicted molar refractivity (Wildman–Crippen MR) is 101 cm³/mol. The van der Waals surface area contributed by atoms with E-state index in [1.165, 1.54) is 6.20 Å². The lowest BCUT2D eigenvalue weighted by Gasteiger charge is -2.30. The lowest BCUT2D eigenvalue weighted by molar-refractivity contribution is 0.166. The molecule has 2 unspecified atom stereocenters. The van der Waals surface area contributed by atoms with Crippen molar-refractivity contribution >= 4 is 28.5 Å². The number of pyridine rings is 1. The molecule has 3 heterocycles. The van der Waals surface area contributed by atoms with Crippen LogP contribution in [0.1, 0.15) is 19.3 Å². The van der Waals surface area contributed by atoms with Crippen LogP contribution in [0.15, 0.2) is 24.7 Å². The number of aromatic amines is 1. The number of nitrogens with zero attached hydrogens (tertiary/aromatic N) is 3. The molecule has 5 rings (SSSR count). The largest absolute Gasteiger partial charge is 0.396 e. The van der Waals surface area contributed by atoms with Crippen LogP contribution in [0.2, 0.25) is 5.02 Å². The fourth-order valence-corrected chi connectivity index (χ4v) is 4.97. The van der Waals surface area contributed by atoms with Gasteiger partial charge in [-0.1, -0.05) is 11.6 Å². The first kappa shape index (κ1) is 16.9. The van der Waals surface area contributed by atoms with Crippen LogP contribution < -0.4 is 5.32 Å². The Balaban J connectivity index is 1.50. The first-order chi connectivity index (χ1) is 13.1. The SMILES string of the molecule is OC[C@@H]1C2CCC(C2)[C@@H]1Nc1nc(-c2c[nH]c3ncc(Cl)cc23)ncc1F. The van der Waals surface area contributed by atoms with Gasteiger partial charge in [0.15, 0.2) is 17.5 Å². The summed E-state index contributed by atoms with van der Waals surface area (Å²) >= 11 is 6.06. The molecule has 0 aliphatic heterocycles. The Morgan fingerprint density at radius 2 is 2.11 bits per heavy atom. The third kappa shape index (κ3) is 2.76. The Hall–Kier alpha value is -2.25. The standard InChI is InChI=1S/C19H19ClFN5O/c20-11-4-12-13(6-23-17(12)22-5-11)18-24-7-15(21)19(26-18)25-16-10-2-1-9(3-10)14(16)8-27/h4-7,9-10,14,16,27H,1-3,8H2,(H,22,23)(H,24,25,26)/t9?,10?,14-,16+/m1/s1. The quantitative estimate of drug-likeness (QED) is 0.636. The number of aromatic nitrogens is 4. The summed E-state index contributed by atoms with van der Waals surface area (Å²) in [5, 5.41) is 14.3. The molecule has 4 atom stereocenters. The predicted octanol–water partition coefficient (Wildman–Crippen LogP) is 3.63. The van der Waals surface area contributed by atoms with E-state index < -0.39 is 5.82 Å². The van der Waals surface area contributed by atoms with Crippen LogP contribution in [-0.4, -0.2) is 37.7 Å². The molecular weight excluding hydrogens is 369 g/mol. The van der Waals surface area contributed by atoms with E-state index in [1.807, 2.05) is 0 Å². The highest BCUT2D eigenvalue weighted by Crippen LogP contribution is 2.49. The summed E-state index contributed by atoms with van der Waals surface area (Å²) in [4.78, 5) is 15.9. The number of fused-ring (bicyclic) bond motifs is 3. The number of rotatable bonds is 4. The van der Waals surface area contributed by atoms with Crippen LogP contribution in [0.25, 0.3) is 22.4 Å². The molecule has 8 heteroatoms. The minimum absolute atomic E-state index is 0.0464. The Morgan fingerprint density at radius 1 is 1.26 bits per heavy atom. The molecule has 2 fully saturated rings. The van der Waals surface area contributed by atoms with Crippen molar-refractivity contribution in [2.24, 2.45) is 17.8 Å². The summed E-state index contributed by atoms with van der Waals surface area (Å²) in [5.74, 6) is 1.22. The molecule has 0 radical (unpaired) electrons. The topological polar surface area (TPSA) is 86.7 Å². The van der Waals surface area contributed by atoms with E-state index in [2.05, 4.69) is 25.3 Å². The number of H-pyrrole nitrogens is 1. The van der Waals surface area contributed by atoms with Gasteiger partial charge in [-0.25, -0.2) is 19.3 Å². The van der Waals surface area contributed by atoms with Gasteiger partial charge in [-0.15, -0.1) is 0 Å². The normalized spacial score (nSPS) is 26.8. The van der Waals surface area contributed by atoms with Crippen molar-refractivity contribution in [3.8, 4) is 11.4 Å². The number of aliphatic hydroxyl groups is 1. The van der Waals surface area contributed by atoms with E-state index in [1.54, 1.807) is 18.5 Å². The molecule has 3 aromatic rings. The highest BCUT2D eigenvalue weighted by molar-refractivity contribution is 6.31. The molecule has 2 aliphatic carbocycles. The fraction of sp³-hybridized carbons (Fsp3) is 0.421. The monoisotopic (exact) mass is 387 g/mol. The zero-order chi connectivity index (χ0) is 18.5. The molecule has 0 amide bonds. The van der Waals surface area contributed by atoms with E-state index in [4.69, 9.17) is 11.6 Å². The second-order valence-corrected chi connectivity index (χ2v) is 7.93. The Labute approximate surface area is 160 Å². The number of aliphatic hydroxyl groups excluding tert-OH is 1. The molecule has 140 valence electrons. The van der Waals surface area contributed by atoms with Gasteiger partial charge in [0.1, 0.15) is 5.65 Å². The molecule has 0 spiro atoms. The van der Waals surface area contributed by atoms with Crippen LogP contribution in [0.3, 0.4) is 0 Å². The molecule has 0 saturated heterocycles. The Kier molecular flexibility index (Phi) is 4.02. The van der Waals surface area contributed by atoms with Crippen molar-refractivity contribution in [3.63, 3.8) is 0 Å². The smallest absolute Gasteiger partial charge is 0.183 e. The van der Waals surface area contributed by atoms with E-state index in [9.17, 15) is 9.50 Å². The summed E-state index contributed by atoms with van der Waals surface area (Å²) in [6.45, 7) is 0.116. The van der Waals surface area contributed by atoms with Crippen molar-refractivity contribution in [1.29, 1.82) is 0 Å². The van der Waals surface area contributed by atoms with Gasteiger partial charge in [0.25, 0.3) is 0 Å². The summed E-state index contributed by atoms with van der Waals surface area (Å²) in [6, 6.07) is 1.83. The number of anilines is 1. The van der Waals surface area contributed by atoms with Crippen molar-refractivity contribution < 1.29 is 9.50 Å². The van der Waals surface area contributed by atoms with Gasteiger partial charge < -0.3 is 15.4 Å². The summed E-state index contributed by atoms with van der Waals surface area (Å²) in [7, 11) is 0. The molecule has 27 heavy (non-hydrogen) atoms. The minimum Gasteiger partial charge on any atom is -0.396 e. The Morgan fingerprint density at radius 3 is 2.96 bits per heavy atom. The first-order valence-electron chi connectivity index (χ1n) is 9.17. The fourth-order valence-electron chi connectivity index (χ4n) is 4.82. The lowest BCUT2D eigenvalue weighted by Crippen LogP contribution is -2.37. The molecule has 2 saturated carbocycles. The molecule has 6 nitrogen and oxygen atoms in total. The van der Waals surface area contributed by atoms with E-state index >= 15 is 0 Å². The molecule has 2 aliphatic rings. The number of nitrogens with one attached hydrogen (secondary N) is 2. The van der Waals surface area contributed by atoms with Gasteiger partial charge in [-0.3, -0.25) is 0 Å². The number of hydrogen-bond donors (Lipinski definition) is 3. The summed E-state index contributed by atoms with van der Waals surface area (Å²) in [6.07, 6.45) is 7.85. The van der Waals surface area contributed by atoms with Crippen molar-refractivity contribution in [1.82, 2.24) is 19.9 Å². The summed E-state index contributed by atoms with van der Waals surface area (Å²) < 4.78 is 14.4. The summed E-state index contributed by atoms with van der Waals surface area (Å²) in [5.41, 5.74) is 1.39. The maximum Gasteiger partial charge on any atom is 0.183 e. The molecular formula is C19H19ClFN5O. The maximum atomic E-state index is 14.4. The van der Waals surface area contributed by atoms with Gasteiger partial charge in [0.2, 0.25) is 0 Å². The first-order valence-corrected chi connectivity index (χ1v) is 9.54. The molecule has 3 N–H and O–H groups in total. The zero-order valence-corrected chi connectivity index (χ0v) is 15.2. The zero-order valence-electron chi connectivity index (χ0n) is 14.5.